The first-order valence-electron chi connectivity index (χ1n) is 14.1. The standard InChI is InChI=1S/C31H33FN8O3/c1-18-27(21-14-24-19(2)37-39(3)30(24)34-17-21)38-40(22-8-6-5-7-9-22)29(18)36-31(41)35-25-16-23(11-13-42-4)43-28(25)20-10-12-33-26(32)15-20/h5-10,12,14-15,17,23,25,28H,11,13,16H2,1-4H3,(H2,35,36,41)/t23-,25-,28+/m1/s1. The van der Waals surface area contributed by atoms with Crippen molar-refractivity contribution in [3.63, 3.8) is 0 Å². The summed E-state index contributed by atoms with van der Waals surface area (Å²) in [5.41, 5.74) is 5.32. The van der Waals surface area contributed by atoms with Gasteiger partial charge < -0.3 is 14.8 Å². The average Bonchev–Trinajstić information content (AvgIpc) is 3.65. The summed E-state index contributed by atoms with van der Waals surface area (Å²) in [6.45, 7) is 4.37. The molecular formula is C31H33FN8O3. The van der Waals surface area contributed by atoms with E-state index in [9.17, 15) is 9.18 Å². The van der Waals surface area contributed by atoms with Gasteiger partial charge in [-0.3, -0.25) is 10.00 Å². The molecule has 6 rings (SSSR count). The van der Waals surface area contributed by atoms with Crippen molar-refractivity contribution in [1.82, 2.24) is 34.8 Å². The molecule has 1 saturated heterocycles. The molecule has 12 heteroatoms. The smallest absolute Gasteiger partial charge is 0.320 e. The maximum absolute atomic E-state index is 14.0. The van der Waals surface area contributed by atoms with Crippen LogP contribution in [-0.2, 0) is 16.5 Å². The fourth-order valence-electron chi connectivity index (χ4n) is 5.66. The number of ether oxygens (including phenoxy) is 2. The number of nitrogens with zero attached hydrogens (tertiary/aromatic N) is 6. The summed E-state index contributed by atoms with van der Waals surface area (Å²) in [6, 6.07) is 13.8. The van der Waals surface area contributed by atoms with Gasteiger partial charge in [-0.15, -0.1) is 0 Å². The van der Waals surface area contributed by atoms with Crippen molar-refractivity contribution in [3.05, 3.63) is 83.7 Å². The van der Waals surface area contributed by atoms with Gasteiger partial charge in [-0.1, -0.05) is 18.2 Å². The maximum Gasteiger partial charge on any atom is 0.320 e. The Kier molecular flexibility index (Phi) is 7.87. The van der Waals surface area contributed by atoms with Crippen molar-refractivity contribution < 1.29 is 18.7 Å². The first-order chi connectivity index (χ1) is 20.8. The van der Waals surface area contributed by atoms with Crippen LogP contribution in [0.15, 0.2) is 60.9 Å². The van der Waals surface area contributed by atoms with Crippen molar-refractivity contribution in [2.45, 2.75) is 44.9 Å². The predicted molar refractivity (Wildman–Crippen MR) is 159 cm³/mol. The Hall–Kier alpha value is -4.68. The SMILES string of the molecule is COCC[C@@H]1C[C@@H](NC(=O)Nc2c(C)c(-c3cnc4c(c3)c(C)nn4C)nn2-c2ccccc2)[C@H](c2ccnc(F)c2)O1. The van der Waals surface area contributed by atoms with Crippen molar-refractivity contribution in [2.24, 2.45) is 7.05 Å². The Morgan fingerprint density at radius 1 is 1.14 bits per heavy atom. The molecule has 1 aliphatic rings. The second kappa shape index (κ2) is 11.9. The number of carbonyl (C=O) groups excluding carboxylic acids is 1. The lowest BCUT2D eigenvalue weighted by Gasteiger charge is -2.21. The molecule has 3 atom stereocenters. The number of para-hydroxylation sites is 1. The van der Waals surface area contributed by atoms with Gasteiger partial charge in [0.15, 0.2) is 5.65 Å². The first kappa shape index (κ1) is 28.4. The lowest BCUT2D eigenvalue weighted by Crippen LogP contribution is -2.40. The highest BCUT2D eigenvalue weighted by molar-refractivity contribution is 5.92. The third kappa shape index (κ3) is 5.71. The molecule has 2 N–H and O–H groups in total. The minimum absolute atomic E-state index is 0.159. The number of rotatable bonds is 8. The van der Waals surface area contributed by atoms with Gasteiger partial charge in [0.25, 0.3) is 0 Å². The number of anilines is 1. The number of benzene rings is 1. The third-order valence-corrected chi connectivity index (χ3v) is 7.75. The van der Waals surface area contributed by atoms with E-state index in [1.54, 1.807) is 28.7 Å². The van der Waals surface area contributed by atoms with E-state index in [-0.39, 0.29) is 6.10 Å². The summed E-state index contributed by atoms with van der Waals surface area (Å²) in [6.07, 6.45) is 3.67. The Balaban J connectivity index is 1.31. The lowest BCUT2D eigenvalue weighted by atomic mass is 10.0. The Labute approximate surface area is 248 Å². The molecule has 0 saturated carbocycles. The van der Waals surface area contributed by atoms with E-state index < -0.39 is 24.1 Å². The van der Waals surface area contributed by atoms with Gasteiger partial charge in [-0.05, 0) is 62.6 Å². The normalized spacial score (nSPS) is 18.3. The van der Waals surface area contributed by atoms with Gasteiger partial charge in [-0.2, -0.15) is 14.6 Å². The van der Waals surface area contributed by atoms with Crippen LogP contribution in [-0.4, -0.2) is 61.4 Å². The Bertz CT molecular complexity index is 1770. The zero-order valence-electron chi connectivity index (χ0n) is 24.4. The number of hydrogen-bond donors (Lipinski definition) is 2. The number of fused-ring (bicyclic) bond motifs is 1. The number of methoxy groups -OCH3 is 1. The molecule has 0 spiro atoms. The summed E-state index contributed by atoms with van der Waals surface area (Å²) in [4.78, 5) is 21.9. The molecule has 1 aliphatic heterocycles. The van der Waals surface area contributed by atoms with E-state index in [2.05, 4.69) is 25.7 Å². The Morgan fingerprint density at radius 2 is 1.95 bits per heavy atom. The van der Waals surface area contributed by atoms with Crippen LogP contribution in [0.5, 0.6) is 0 Å². The van der Waals surface area contributed by atoms with Gasteiger partial charge in [0, 0.05) is 49.7 Å². The molecule has 1 aromatic carbocycles. The number of halogens is 1. The number of aryl methyl sites for hydroxylation is 2. The summed E-state index contributed by atoms with van der Waals surface area (Å²) in [7, 11) is 3.50. The van der Waals surface area contributed by atoms with Crippen molar-refractivity contribution in [1.29, 1.82) is 0 Å². The van der Waals surface area contributed by atoms with Crippen LogP contribution >= 0.6 is 0 Å². The van der Waals surface area contributed by atoms with E-state index in [1.807, 2.05) is 57.3 Å². The molecule has 11 nitrogen and oxygen atoms in total. The molecule has 4 aromatic heterocycles. The number of carbonyl (C=O) groups is 1. The number of nitrogens with one attached hydrogen (secondary N) is 2. The summed E-state index contributed by atoms with van der Waals surface area (Å²) < 4.78 is 28.9. The van der Waals surface area contributed by atoms with E-state index in [0.717, 1.165) is 33.5 Å². The van der Waals surface area contributed by atoms with Crippen LogP contribution in [0.2, 0.25) is 0 Å². The minimum Gasteiger partial charge on any atom is -0.385 e. The van der Waals surface area contributed by atoms with Crippen molar-refractivity contribution in [2.75, 3.05) is 19.0 Å². The highest BCUT2D eigenvalue weighted by Gasteiger charge is 2.37. The fourth-order valence-corrected chi connectivity index (χ4v) is 5.66. The van der Waals surface area contributed by atoms with Crippen molar-refractivity contribution in [3.8, 4) is 16.9 Å². The van der Waals surface area contributed by atoms with E-state index in [0.29, 0.717) is 36.5 Å². The largest absolute Gasteiger partial charge is 0.385 e. The third-order valence-electron chi connectivity index (χ3n) is 7.75. The first-order valence-corrected chi connectivity index (χ1v) is 14.1. The molecule has 222 valence electrons. The second-order valence-electron chi connectivity index (χ2n) is 10.7. The number of urea groups is 1. The quantitative estimate of drug-likeness (QED) is 0.246. The van der Waals surface area contributed by atoms with Gasteiger partial charge in [-0.25, -0.2) is 19.4 Å². The lowest BCUT2D eigenvalue weighted by molar-refractivity contribution is 0.0210. The van der Waals surface area contributed by atoms with Gasteiger partial charge >= 0.3 is 6.03 Å². The van der Waals surface area contributed by atoms with Crippen LogP contribution in [0, 0.1) is 19.8 Å². The zero-order valence-corrected chi connectivity index (χ0v) is 24.4. The maximum atomic E-state index is 14.0. The van der Waals surface area contributed by atoms with Gasteiger partial charge in [0.2, 0.25) is 5.95 Å². The summed E-state index contributed by atoms with van der Waals surface area (Å²) in [5.74, 6) is -0.0863. The minimum atomic E-state index is -0.603. The molecule has 0 radical (unpaired) electrons. The van der Waals surface area contributed by atoms with E-state index in [4.69, 9.17) is 14.6 Å². The van der Waals surface area contributed by atoms with Crippen LogP contribution < -0.4 is 10.6 Å². The molecule has 0 aliphatic carbocycles. The Morgan fingerprint density at radius 3 is 2.72 bits per heavy atom. The van der Waals surface area contributed by atoms with Gasteiger partial charge in [0.1, 0.15) is 11.9 Å². The van der Waals surface area contributed by atoms with Crippen LogP contribution in [0.1, 0.15) is 35.8 Å². The van der Waals surface area contributed by atoms with Crippen LogP contribution in [0.4, 0.5) is 15.0 Å². The highest BCUT2D eigenvalue weighted by Crippen LogP contribution is 2.36. The van der Waals surface area contributed by atoms with Crippen molar-refractivity contribution >= 4 is 22.9 Å². The van der Waals surface area contributed by atoms with E-state index in [1.165, 1.54) is 12.3 Å². The molecule has 5 heterocycles. The highest BCUT2D eigenvalue weighted by atomic mass is 19.1. The number of pyridine rings is 2. The molecule has 0 bridgehead atoms. The zero-order chi connectivity index (χ0) is 30.1. The monoisotopic (exact) mass is 584 g/mol. The second-order valence-corrected chi connectivity index (χ2v) is 10.7. The fraction of sp³-hybridized carbons (Fsp3) is 0.323. The molecule has 1 fully saturated rings. The average molecular weight is 585 g/mol. The van der Waals surface area contributed by atoms with Crippen LogP contribution in [0.25, 0.3) is 28.0 Å². The molecule has 43 heavy (non-hydrogen) atoms. The number of aromatic nitrogens is 6. The molecule has 5 aromatic rings. The topological polar surface area (TPSA) is 121 Å². The number of amides is 2. The molecule has 2 amide bonds. The predicted octanol–water partition coefficient (Wildman–Crippen LogP) is 5.03. The summed E-state index contributed by atoms with van der Waals surface area (Å²) >= 11 is 0. The summed E-state index contributed by atoms with van der Waals surface area (Å²) in [5, 5.41) is 16.4. The van der Waals surface area contributed by atoms with E-state index >= 15 is 0 Å². The van der Waals surface area contributed by atoms with Gasteiger partial charge in [0.05, 0.1) is 29.2 Å². The van der Waals surface area contributed by atoms with Crippen LogP contribution in [0.3, 0.4) is 0 Å². The molecule has 0 unspecified atom stereocenters. The molecular weight excluding hydrogens is 551 g/mol. The number of hydrogen-bond acceptors (Lipinski definition) is 7.